The van der Waals surface area contributed by atoms with Gasteiger partial charge >= 0.3 is 25.7 Å². The van der Waals surface area contributed by atoms with Crippen molar-refractivity contribution in [3.05, 3.63) is 109 Å². The molecule has 0 rings (SSSR count). The van der Waals surface area contributed by atoms with Crippen LogP contribution in [0.4, 0.5) is 0 Å². The number of aliphatic hydroxyl groups is 1. The van der Waals surface area contributed by atoms with Crippen molar-refractivity contribution in [3.8, 4) is 0 Å². The zero-order valence-electron chi connectivity index (χ0n) is 49.3. The number of hydrogen-bond donors (Lipinski definition) is 2. The summed E-state index contributed by atoms with van der Waals surface area (Å²) >= 11 is 0. The lowest BCUT2D eigenvalue weighted by molar-refractivity contribution is -0.161. The molecule has 0 saturated heterocycles. The van der Waals surface area contributed by atoms with E-state index in [1.165, 1.54) is 83.5 Å². The van der Waals surface area contributed by atoms with E-state index in [-0.39, 0.29) is 25.9 Å². The second kappa shape index (κ2) is 59.3. The maximum Gasteiger partial charge on any atom is 0.472 e. The first-order chi connectivity index (χ1) is 38.2. The van der Waals surface area contributed by atoms with Crippen LogP contribution in [-0.4, -0.2) is 66.5 Å². The molecule has 2 N–H and O–H groups in total. The van der Waals surface area contributed by atoms with E-state index in [9.17, 15) is 28.9 Å². The number of carbonyl (C=O) groups is 3. The standard InChI is InChI=1S/C66H111O11P/c1-4-7-10-13-16-19-22-25-27-29-31-33-35-38-41-44-47-50-53-56-65(69)76-62(58-67)60-74-78(71,72)75-61-63(59-73-64(68)55-52-49-46-43-40-37-24-21-18-15-12-9-6-3)77-66(70)57-54-51-48-45-42-39-36-34-32-30-28-26-23-20-17-14-11-8-5-2/h8,11,16-17,19-21,24-28,32,34,39,42,48,51,62-63,67H,4-7,9-10,12-15,18,22-23,29-31,33,35-38,40-41,43-47,49-50,52-61H2,1-3H3,(H,71,72)/b11-8-,19-16-,20-17-,24-21-,27-25-,28-26-,34-32-,42-39-,51-48-. The fourth-order valence-electron chi connectivity index (χ4n) is 7.99. The highest BCUT2D eigenvalue weighted by atomic mass is 31.2. The normalized spacial score (nSPS) is 14.1. The van der Waals surface area contributed by atoms with E-state index in [1.807, 2.05) is 12.2 Å². The summed E-state index contributed by atoms with van der Waals surface area (Å²) in [5.41, 5.74) is 0. The molecule has 446 valence electrons. The largest absolute Gasteiger partial charge is 0.472 e. The number of rotatable bonds is 56. The Hall–Kier alpha value is -3.86. The van der Waals surface area contributed by atoms with Crippen LogP contribution < -0.4 is 0 Å². The maximum atomic E-state index is 12.9. The summed E-state index contributed by atoms with van der Waals surface area (Å²) in [6.07, 6.45) is 72.0. The van der Waals surface area contributed by atoms with E-state index in [2.05, 4.69) is 118 Å². The van der Waals surface area contributed by atoms with E-state index in [1.54, 1.807) is 0 Å². The summed E-state index contributed by atoms with van der Waals surface area (Å²) in [6, 6.07) is 0. The third-order valence-electron chi connectivity index (χ3n) is 12.7. The Balaban J connectivity index is 4.78. The second-order valence-electron chi connectivity index (χ2n) is 20.1. The molecule has 0 amide bonds. The first-order valence-corrected chi connectivity index (χ1v) is 32.3. The highest BCUT2D eigenvalue weighted by Gasteiger charge is 2.28. The van der Waals surface area contributed by atoms with E-state index >= 15 is 0 Å². The zero-order valence-corrected chi connectivity index (χ0v) is 50.2. The van der Waals surface area contributed by atoms with Crippen molar-refractivity contribution in [1.29, 1.82) is 0 Å². The molecular weight excluding hydrogens is 1000 g/mol. The van der Waals surface area contributed by atoms with Gasteiger partial charge in [-0.1, -0.05) is 226 Å². The first-order valence-electron chi connectivity index (χ1n) is 30.8. The molecule has 0 fully saturated rings. The summed E-state index contributed by atoms with van der Waals surface area (Å²) in [7, 11) is -4.78. The van der Waals surface area contributed by atoms with Gasteiger partial charge in [0.15, 0.2) is 6.10 Å². The van der Waals surface area contributed by atoms with Crippen molar-refractivity contribution in [1.82, 2.24) is 0 Å². The molecule has 0 aliphatic rings. The smallest absolute Gasteiger partial charge is 0.462 e. The van der Waals surface area contributed by atoms with Crippen LogP contribution in [0.25, 0.3) is 0 Å². The van der Waals surface area contributed by atoms with Crippen LogP contribution in [0.3, 0.4) is 0 Å². The third kappa shape index (κ3) is 56.8. The molecule has 0 saturated carbocycles. The number of carbonyl (C=O) groups excluding carboxylic acids is 3. The summed E-state index contributed by atoms with van der Waals surface area (Å²) in [6.45, 7) is 4.40. The van der Waals surface area contributed by atoms with E-state index in [0.717, 1.165) is 103 Å². The number of aliphatic hydroxyl groups excluding tert-OH is 1. The minimum atomic E-state index is -4.78. The molecule has 12 heteroatoms. The number of allylic oxidation sites excluding steroid dienone is 18. The van der Waals surface area contributed by atoms with Gasteiger partial charge in [0.05, 0.1) is 19.8 Å². The Bertz CT molecular complexity index is 1720. The minimum absolute atomic E-state index is 0.0364. The molecule has 3 atom stereocenters. The number of hydrogen-bond acceptors (Lipinski definition) is 10. The van der Waals surface area contributed by atoms with Gasteiger partial charge in [0.25, 0.3) is 0 Å². The molecule has 0 bridgehead atoms. The van der Waals surface area contributed by atoms with Gasteiger partial charge in [0, 0.05) is 19.3 Å². The lowest BCUT2D eigenvalue weighted by Gasteiger charge is -2.21. The number of phosphoric ester groups is 1. The third-order valence-corrected chi connectivity index (χ3v) is 13.6. The van der Waals surface area contributed by atoms with Gasteiger partial charge in [-0.05, 0) is 116 Å². The predicted molar refractivity (Wildman–Crippen MR) is 325 cm³/mol. The molecule has 0 spiro atoms. The lowest BCUT2D eigenvalue weighted by Crippen LogP contribution is -2.30. The van der Waals surface area contributed by atoms with Crippen LogP contribution in [0.2, 0.25) is 0 Å². The molecule has 0 aliphatic carbocycles. The van der Waals surface area contributed by atoms with E-state index < -0.39 is 57.8 Å². The predicted octanol–water partition coefficient (Wildman–Crippen LogP) is 18.6. The van der Waals surface area contributed by atoms with Crippen LogP contribution in [0.5, 0.6) is 0 Å². The fraction of sp³-hybridized carbons (Fsp3) is 0.682. The molecule has 0 aromatic heterocycles. The molecule has 0 radical (unpaired) electrons. The monoisotopic (exact) mass is 1110 g/mol. The van der Waals surface area contributed by atoms with Gasteiger partial charge in [0.2, 0.25) is 0 Å². The second-order valence-corrected chi connectivity index (χ2v) is 21.6. The zero-order chi connectivity index (χ0) is 56.9. The average molecular weight is 1110 g/mol. The minimum Gasteiger partial charge on any atom is -0.462 e. The SMILES string of the molecule is CC/C=C\C/C=C\C/C=C\C/C=C\C/C=C\C/C=C\CCC(=O)OC(COC(=O)CCCCCCC/C=C\CCCCCC)COP(=O)(O)OCC(CO)OC(=O)CCCCCCCCCCC/C=C\C/C=C\CCCCC. The number of phosphoric acid groups is 1. The van der Waals surface area contributed by atoms with Crippen LogP contribution in [0.1, 0.15) is 252 Å². The van der Waals surface area contributed by atoms with Crippen molar-refractivity contribution in [2.45, 2.75) is 264 Å². The van der Waals surface area contributed by atoms with E-state index in [4.69, 9.17) is 23.3 Å². The van der Waals surface area contributed by atoms with Crippen molar-refractivity contribution in [3.63, 3.8) is 0 Å². The van der Waals surface area contributed by atoms with E-state index in [0.29, 0.717) is 25.7 Å². The topological polar surface area (TPSA) is 155 Å². The van der Waals surface area contributed by atoms with Gasteiger partial charge in [-0.3, -0.25) is 23.4 Å². The van der Waals surface area contributed by atoms with Crippen molar-refractivity contribution >= 4 is 25.7 Å². The molecule has 78 heavy (non-hydrogen) atoms. The van der Waals surface area contributed by atoms with Crippen LogP contribution in [0, 0.1) is 0 Å². The molecule has 0 aliphatic heterocycles. The number of esters is 3. The highest BCUT2D eigenvalue weighted by Crippen LogP contribution is 2.43. The highest BCUT2D eigenvalue weighted by molar-refractivity contribution is 7.47. The van der Waals surface area contributed by atoms with Gasteiger partial charge in [0.1, 0.15) is 12.7 Å². The summed E-state index contributed by atoms with van der Waals surface area (Å²) in [4.78, 5) is 48.6. The van der Waals surface area contributed by atoms with Gasteiger partial charge in [-0.15, -0.1) is 0 Å². The number of ether oxygens (including phenoxy) is 3. The van der Waals surface area contributed by atoms with Gasteiger partial charge < -0.3 is 24.2 Å². The van der Waals surface area contributed by atoms with Crippen LogP contribution in [0.15, 0.2) is 109 Å². The Labute approximate surface area is 475 Å². The summed E-state index contributed by atoms with van der Waals surface area (Å²) in [5, 5.41) is 9.84. The lowest BCUT2D eigenvalue weighted by atomic mass is 10.1. The van der Waals surface area contributed by atoms with Gasteiger partial charge in [-0.2, -0.15) is 0 Å². The Kier molecular flexibility index (Phi) is 56.3. The Morgan fingerprint density at radius 3 is 1.14 bits per heavy atom. The molecule has 0 heterocycles. The van der Waals surface area contributed by atoms with Crippen LogP contribution >= 0.6 is 7.82 Å². The Morgan fingerprint density at radius 1 is 0.372 bits per heavy atom. The maximum absolute atomic E-state index is 12.9. The Morgan fingerprint density at radius 2 is 0.692 bits per heavy atom. The van der Waals surface area contributed by atoms with Crippen molar-refractivity contribution < 1.29 is 52.2 Å². The fourth-order valence-corrected chi connectivity index (χ4v) is 8.78. The first kappa shape index (κ1) is 74.1. The number of unbranched alkanes of at least 4 members (excludes halogenated alkanes) is 21. The van der Waals surface area contributed by atoms with Crippen LogP contribution in [-0.2, 0) is 42.2 Å². The summed E-state index contributed by atoms with van der Waals surface area (Å²) < 4.78 is 39.5. The molecule has 0 aromatic carbocycles. The molecule has 3 unspecified atom stereocenters. The quantitative estimate of drug-likeness (QED) is 0.0197. The average Bonchev–Trinajstić information content (AvgIpc) is 3.43. The molecular formula is C66H111O11P. The molecule has 0 aromatic rings. The van der Waals surface area contributed by atoms with Crippen molar-refractivity contribution in [2.75, 3.05) is 26.4 Å². The summed E-state index contributed by atoms with van der Waals surface area (Å²) in [5.74, 6) is -1.58. The molecule has 11 nitrogen and oxygen atoms in total. The van der Waals surface area contributed by atoms with Crippen molar-refractivity contribution in [2.24, 2.45) is 0 Å². The van der Waals surface area contributed by atoms with Gasteiger partial charge in [-0.25, -0.2) is 4.57 Å².